The zero-order chi connectivity index (χ0) is 20.3. The van der Waals surface area contributed by atoms with Gasteiger partial charge in [-0.25, -0.2) is 14.6 Å². The molecule has 0 aliphatic heterocycles. The largest absolute Gasteiger partial charge is 0.497 e. The van der Waals surface area contributed by atoms with E-state index in [1.165, 1.54) is 7.11 Å². The van der Waals surface area contributed by atoms with E-state index in [4.69, 9.17) is 14.2 Å². The Morgan fingerprint density at radius 3 is 1.93 bits per heavy atom. The van der Waals surface area contributed by atoms with Gasteiger partial charge >= 0.3 is 11.9 Å². The van der Waals surface area contributed by atoms with E-state index in [9.17, 15) is 14.4 Å². The number of aliphatic imine (C=N–C) groups is 1. The van der Waals surface area contributed by atoms with Crippen LogP contribution in [0.15, 0.2) is 64.7 Å². The predicted molar refractivity (Wildman–Crippen MR) is 101 cm³/mol. The molecule has 0 N–H and O–H groups in total. The Hall–Kier alpha value is -3.74. The third-order valence-corrected chi connectivity index (χ3v) is 4.23. The highest BCUT2D eigenvalue weighted by atomic mass is 16.5. The number of benzene rings is 2. The van der Waals surface area contributed by atoms with E-state index in [0.717, 1.165) is 7.11 Å². The number of carbonyl (C=O) groups is 3. The lowest BCUT2D eigenvalue weighted by atomic mass is 9.83. The first-order chi connectivity index (χ1) is 13.5. The van der Waals surface area contributed by atoms with E-state index in [2.05, 4.69) is 4.99 Å². The highest BCUT2D eigenvalue weighted by molar-refractivity contribution is 6.43. The first-order valence-corrected chi connectivity index (χ1v) is 8.30. The van der Waals surface area contributed by atoms with Gasteiger partial charge in [-0.1, -0.05) is 24.3 Å². The minimum absolute atomic E-state index is 0.160. The molecule has 0 bridgehead atoms. The van der Waals surface area contributed by atoms with Crippen molar-refractivity contribution < 1.29 is 28.6 Å². The van der Waals surface area contributed by atoms with Crippen LogP contribution in [0.3, 0.4) is 0 Å². The van der Waals surface area contributed by atoms with Gasteiger partial charge in [0.1, 0.15) is 16.9 Å². The number of ketones is 1. The maximum Gasteiger partial charge on any atom is 0.342 e. The van der Waals surface area contributed by atoms with Crippen LogP contribution in [0.2, 0.25) is 0 Å². The van der Waals surface area contributed by atoms with Gasteiger partial charge in [-0.2, -0.15) is 0 Å². The minimum atomic E-state index is -0.928. The lowest BCUT2D eigenvalue weighted by molar-refractivity contribution is -0.138. The van der Waals surface area contributed by atoms with Crippen LogP contribution in [-0.4, -0.2) is 44.8 Å². The summed E-state index contributed by atoms with van der Waals surface area (Å²) in [5, 5.41) is 0. The number of hydrogen-bond acceptors (Lipinski definition) is 7. The first-order valence-electron chi connectivity index (χ1n) is 8.30. The molecule has 0 unspecified atom stereocenters. The number of Topliss-reactive ketones (excluding diaryl/α,β-unsaturated/α-hetero) is 1. The zero-order valence-corrected chi connectivity index (χ0v) is 15.5. The van der Waals surface area contributed by atoms with Crippen molar-refractivity contribution in [1.82, 2.24) is 0 Å². The Balaban J connectivity index is 2.31. The molecule has 7 heteroatoms. The lowest BCUT2D eigenvalue weighted by Crippen LogP contribution is -2.31. The van der Waals surface area contributed by atoms with Gasteiger partial charge in [0.05, 0.1) is 32.7 Å². The van der Waals surface area contributed by atoms with Crippen LogP contribution in [0, 0.1) is 0 Å². The van der Waals surface area contributed by atoms with E-state index in [1.54, 1.807) is 55.6 Å². The maximum atomic E-state index is 12.9. The molecule has 0 spiro atoms. The molecule has 142 valence electrons. The van der Waals surface area contributed by atoms with Gasteiger partial charge in [0.15, 0.2) is 0 Å². The number of hydrogen-bond donors (Lipinski definition) is 0. The standard InChI is InChI=1S/C21H17NO6/c1-26-13-10-8-12(9-11-13)22-18-14-6-4-5-7-15(14)19(23)17(21(25)28-3)16(18)20(24)27-2/h4-11H,1-3H3. The van der Waals surface area contributed by atoms with Gasteiger partial charge in [-0.05, 0) is 24.3 Å². The minimum Gasteiger partial charge on any atom is -0.497 e. The predicted octanol–water partition coefficient (Wildman–Crippen LogP) is 2.65. The van der Waals surface area contributed by atoms with E-state index in [0.29, 0.717) is 17.0 Å². The molecule has 0 aromatic heterocycles. The topological polar surface area (TPSA) is 91.3 Å². The second-order valence-corrected chi connectivity index (χ2v) is 5.77. The normalized spacial score (nSPS) is 14.5. The summed E-state index contributed by atoms with van der Waals surface area (Å²) in [6.07, 6.45) is 0. The number of nitrogens with zero attached hydrogens (tertiary/aromatic N) is 1. The van der Waals surface area contributed by atoms with E-state index < -0.39 is 23.3 Å². The number of fused-ring (bicyclic) bond motifs is 1. The van der Waals surface area contributed by atoms with Gasteiger partial charge in [0.25, 0.3) is 0 Å². The highest BCUT2D eigenvalue weighted by Gasteiger charge is 2.38. The summed E-state index contributed by atoms with van der Waals surface area (Å²) >= 11 is 0. The summed E-state index contributed by atoms with van der Waals surface area (Å²) in [5.41, 5.74) is 0.714. The van der Waals surface area contributed by atoms with Gasteiger partial charge in [-0.3, -0.25) is 4.79 Å². The molecule has 2 aromatic rings. The summed E-state index contributed by atoms with van der Waals surface area (Å²) in [6.45, 7) is 0. The van der Waals surface area contributed by atoms with Gasteiger partial charge < -0.3 is 14.2 Å². The van der Waals surface area contributed by atoms with Gasteiger partial charge in [0, 0.05) is 11.1 Å². The molecule has 1 aliphatic carbocycles. The van der Waals surface area contributed by atoms with Gasteiger partial charge in [-0.15, -0.1) is 0 Å². The maximum absolute atomic E-state index is 12.9. The molecule has 1 aliphatic rings. The van der Waals surface area contributed by atoms with Crippen molar-refractivity contribution in [2.75, 3.05) is 21.3 Å². The fraction of sp³-hybridized carbons (Fsp3) is 0.143. The SMILES string of the molecule is COC(=O)C1=C(C(=O)OC)C(=Nc2ccc(OC)cc2)c2ccccc2C1=O. The molecular weight excluding hydrogens is 362 g/mol. The molecule has 0 amide bonds. The van der Waals surface area contributed by atoms with Crippen LogP contribution in [0.1, 0.15) is 15.9 Å². The molecule has 7 nitrogen and oxygen atoms in total. The molecule has 28 heavy (non-hydrogen) atoms. The monoisotopic (exact) mass is 379 g/mol. The number of ether oxygens (including phenoxy) is 3. The summed E-state index contributed by atoms with van der Waals surface area (Å²) in [7, 11) is 3.85. The Morgan fingerprint density at radius 2 is 1.36 bits per heavy atom. The summed E-state index contributed by atoms with van der Waals surface area (Å²) in [4.78, 5) is 42.3. The molecule has 0 saturated carbocycles. The molecule has 0 heterocycles. The number of carbonyl (C=O) groups excluding carboxylic acids is 3. The third-order valence-electron chi connectivity index (χ3n) is 4.23. The molecule has 2 aromatic carbocycles. The van der Waals surface area contributed by atoms with Crippen LogP contribution >= 0.6 is 0 Å². The summed E-state index contributed by atoms with van der Waals surface area (Å²) < 4.78 is 14.7. The Bertz CT molecular complexity index is 1020. The molecule has 0 atom stereocenters. The summed E-state index contributed by atoms with van der Waals surface area (Å²) in [5.74, 6) is -1.75. The number of methoxy groups -OCH3 is 3. The van der Waals surface area contributed by atoms with E-state index in [1.807, 2.05) is 0 Å². The number of rotatable bonds is 4. The van der Waals surface area contributed by atoms with Crippen LogP contribution in [-0.2, 0) is 19.1 Å². The second-order valence-electron chi connectivity index (χ2n) is 5.77. The van der Waals surface area contributed by atoms with Crippen molar-refractivity contribution in [2.24, 2.45) is 4.99 Å². The van der Waals surface area contributed by atoms with Gasteiger partial charge in [0.2, 0.25) is 5.78 Å². The quantitative estimate of drug-likeness (QED) is 0.599. The van der Waals surface area contributed by atoms with Crippen molar-refractivity contribution in [3.63, 3.8) is 0 Å². The van der Waals surface area contributed by atoms with Crippen molar-refractivity contribution in [2.45, 2.75) is 0 Å². The molecule has 0 saturated heterocycles. The fourth-order valence-electron chi connectivity index (χ4n) is 2.89. The Morgan fingerprint density at radius 1 is 0.786 bits per heavy atom. The molecule has 0 radical (unpaired) electrons. The van der Waals surface area contributed by atoms with Crippen molar-refractivity contribution in [3.8, 4) is 5.75 Å². The average molecular weight is 379 g/mol. The van der Waals surface area contributed by atoms with Crippen LogP contribution < -0.4 is 4.74 Å². The van der Waals surface area contributed by atoms with Crippen molar-refractivity contribution in [3.05, 3.63) is 70.8 Å². The lowest BCUT2D eigenvalue weighted by Gasteiger charge is -2.21. The van der Waals surface area contributed by atoms with Crippen LogP contribution in [0.4, 0.5) is 5.69 Å². The molecule has 0 fully saturated rings. The fourth-order valence-corrected chi connectivity index (χ4v) is 2.89. The molecule has 3 rings (SSSR count). The Labute approximate surface area is 161 Å². The van der Waals surface area contributed by atoms with Crippen LogP contribution in [0.5, 0.6) is 5.75 Å². The van der Waals surface area contributed by atoms with E-state index in [-0.39, 0.29) is 16.8 Å². The smallest absolute Gasteiger partial charge is 0.342 e. The van der Waals surface area contributed by atoms with Crippen LogP contribution in [0.25, 0.3) is 0 Å². The molecular formula is C21H17NO6. The average Bonchev–Trinajstić information content (AvgIpc) is 2.74. The highest BCUT2D eigenvalue weighted by Crippen LogP contribution is 2.31. The van der Waals surface area contributed by atoms with E-state index >= 15 is 0 Å². The summed E-state index contributed by atoms with van der Waals surface area (Å²) in [6, 6.07) is 13.4. The zero-order valence-electron chi connectivity index (χ0n) is 15.5. The van der Waals surface area contributed by atoms with Crippen molar-refractivity contribution >= 4 is 29.1 Å². The number of esters is 2. The Kier molecular flexibility index (Phi) is 5.35. The first kappa shape index (κ1) is 19.0. The third kappa shape index (κ3) is 3.29. The van der Waals surface area contributed by atoms with Crippen molar-refractivity contribution in [1.29, 1.82) is 0 Å². The second kappa shape index (κ2) is 7.87.